The maximum atomic E-state index is 6.14. The first-order valence-corrected chi connectivity index (χ1v) is 11.2. The van der Waals surface area contributed by atoms with Crippen LogP contribution >= 0.6 is 0 Å². The average Bonchev–Trinajstić information content (AvgIpc) is 1.85. The minimum atomic E-state index is -1.29. The zero-order valence-corrected chi connectivity index (χ0v) is 11.6. The van der Waals surface area contributed by atoms with Gasteiger partial charge in [0, 0.05) is 5.73 Å². The van der Waals surface area contributed by atoms with Gasteiger partial charge in [0.15, 0.2) is 8.32 Å². The Bertz CT molecular complexity index is 124. The van der Waals surface area contributed by atoms with Crippen molar-refractivity contribution in [3.8, 4) is 0 Å². The third-order valence-corrected chi connectivity index (χ3v) is 7.30. The lowest BCUT2D eigenvalue weighted by Crippen LogP contribution is -2.39. The van der Waals surface area contributed by atoms with E-state index in [0.29, 0.717) is 5.73 Å². The minimum Gasteiger partial charge on any atom is -0.418 e. The third kappa shape index (κ3) is 5.11. The van der Waals surface area contributed by atoms with Crippen LogP contribution in [0, 0.1) is 0 Å². The summed E-state index contributed by atoms with van der Waals surface area (Å²) in [6, 6.07) is 1.30. The Labute approximate surface area is 80.3 Å². The summed E-state index contributed by atoms with van der Waals surface area (Å²) in [5.74, 6) is 0. The maximum absolute atomic E-state index is 6.14. The van der Waals surface area contributed by atoms with Crippen LogP contribution in [0.25, 0.3) is 0 Å². The normalized spacial score (nSPS) is 15.2. The summed E-state index contributed by atoms with van der Waals surface area (Å²) in [4.78, 5) is 0. The lowest BCUT2D eigenvalue weighted by Gasteiger charge is -2.28. The predicted octanol–water partition coefficient (Wildman–Crippen LogP) is 3.03. The van der Waals surface area contributed by atoms with Gasteiger partial charge in [-0.3, -0.25) is 0 Å². The summed E-state index contributed by atoms with van der Waals surface area (Å²) in [6.45, 7) is 13.9. The van der Waals surface area contributed by atoms with E-state index in [1.807, 2.05) is 0 Å². The molecular weight excluding hydrogens is 180 g/mol. The highest BCUT2D eigenvalue weighted by Gasteiger charge is 2.24. The third-order valence-electron chi connectivity index (χ3n) is 2.30. The quantitative estimate of drug-likeness (QED) is 0.626. The fourth-order valence-electron chi connectivity index (χ4n) is 1.30. The van der Waals surface area contributed by atoms with Gasteiger partial charge in [-0.05, 0) is 26.1 Å². The highest BCUT2D eigenvalue weighted by Crippen LogP contribution is 2.16. The van der Waals surface area contributed by atoms with Crippen LogP contribution in [0.15, 0.2) is 0 Å². The molecule has 0 aromatic rings. The summed E-state index contributed by atoms with van der Waals surface area (Å²) in [6.07, 6.45) is 1.27. The van der Waals surface area contributed by atoms with E-state index in [4.69, 9.17) is 4.43 Å². The van der Waals surface area contributed by atoms with Crippen molar-refractivity contribution in [2.24, 2.45) is 0 Å². The Hall–Kier alpha value is 0.394. The molecule has 74 valence electrons. The molecule has 1 nitrogen and oxygen atoms in total. The van der Waals surface area contributed by atoms with E-state index in [9.17, 15) is 0 Å². The number of hydrogen-bond acceptors (Lipinski definition) is 1. The lowest BCUT2D eigenvalue weighted by atomic mass is 10.6. The molecule has 0 aliphatic rings. The molecule has 0 fully saturated rings. The lowest BCUT2D eigenvalue weighted by molar-refractivity contribution is 0.282. The minimum absolute atomic E-state index is 0.568. The fourth-order valence-corrected chi connectivity index (χ4v) is 5.82. The van der Waals surface area contributed by atoms with Crippen molar-refractivity contribution in [3.05, 3.63) is 0 Å². The number of rotatable bonds is 5. The van der Waals surface area contributed by atoms with E-state index >= 15 is 0 Å². The Kier molecular flexibility index (Phi) is 5.36. The van der Waals surface area contributed by atoms with Crippen molar-refractivity contribution in [1.29, 1.82) is 0 Å². The molecule has 0 saturated heterocycles. The van der Waals surface area contributed by atoms with Crippen molar-refractivity contribution in [1.82, 2.24) is 0 Å². The Morgan fingerprint density at radius 2 is 1.83 bits per heavy atom. The molecule has 3 heteroatoms. The SMILES string of the molecule is CCC[Si](C)(C)OC(C)[SiH](C)C. The molecule has 0 aliphatic carbocycles. The molecule has 0 aromatic carbocycles. The van der Waals surface area contributed by atoms with Crippen LogP contribution in [0.5, 0.6) is 0 Å². The molecule has 0 bridgehead atoms. The van der Waals surface area contributed by atoms with Gasteiger partial charge >= 0.3 is 0 Å². The summed E-state index contributed by atoms with van der Waals surface area (Å²) >= 11 is 0. The van der Waals surface area contributed by atoms with Crippen molar-refractivity contribution >= 4 is 17.1 Å². The van der Waals surface area contributed by atoms with Crippen molar-refractivity contribution in [2.45, 2.75) is 58.2 Å². The van der Waals surface area contributed by atoms with E-state index in [1.54, 1.807) is 0 Å². The monoisotopic (exact) mass is 204 g/mol. The summed E-state index contributed by atoms with van der Waals surface area (Å²) < 4.78 is 6.14. The van der Waals surface area contributed by atoms with Gasteiger partial charge in [0.2, 0.25) is 0 Å². The average molecular weight is 204 g/mol. The fraction of sp³-hybridized carbons (Fsp3) is 1.00. The van der Waals surface area contributed by atoms with Gasteiger partial charge in [0.1, 0.15) is 0 Å². The second-order valence-electron chi connectivity index (χ2n) is 4.58. The zero-order chi connectivity index (χ0) is 9.78. The topological polar surface area (TPSA) is 9.23 Å². The van der Waals surface area contributed by atoms with E-state index < -0.39 is 17.1 Å². The molecule has 0 N–H and O–H groups in total. The molecular formula is C9H24OSi2. The smallest absolute Gasteiger partial charge is 0.186 e. The molecule has 1 atom stereocenters. The molecule has 0 aliphatic heterocycles. The van der Waals surface area contributed by atoms with Gasteiger partial charge in [-0.2, -0.15) is 0 Å². The zero-order valence-electron chi connectivity index (χ0n) is 9.48. The number of hydrogen-bond donors (Lipinski definition) is 0. The van der Waals surface area contributed by atoms with Gasteiger partial charge in [-0.25, -0.2) is 0 Å². The van der Waals surface area contributed by atoms with Gasteiger partial charge in [0.25, 0.3) is 0 Å². The van der Waals surface area contributed by atoms with E-state index in [0.717, 1.165) is 0 Å². The highest BCUT2D eigenvalue weighted by molar-refractivity contribution is 6.72. The first-order chi connectivity index (χ1) is 5.39. The van der Waals surface area contributed by atoms with Crippen LogP contribution in [0.3, 0.4) is 0 Å². The van der Waals surface area contributed by atoms with E-state index in [2.05, 4.69) is 40.0 Å². The second kappa shape index (κ2) is 5.19. The van der Waals surface area contributed by atoms with Crippen LogP contribution < -0.4 is 0 Å². The molecule has 0 aromatic heterocycles. The summed E-state index contributed by atoms with van der Waals surface area (Å²) in [5.41, 5.74) is 0.568. The van der Waals surface area contributed by atoms with Crippen LogP contribution in [-0.4, -0.2) is 22.8 Å². The van der Waals surface area contributed by atoms with Crippen LogP contribution in [0.2, 0.25) is 32.2 Å². The van der Waals surface area contributed by atoms with Crippen LogP contribution in [-0.2, 0) is 4.43 Å². The summed E-state index contributed by atoms with van der Waals surface area (Å²) in [7, 11) is -1.87. The van der Waals surface area contributed by atoms with Gasteiger partial charge in [0.05, 0.1) is 8.80 Å². The van der Waals surface area contributed by atoms with Crippen molar-refractivity contribution in [3.63, 3.8) is 0 Å². The Morgan fingerprint density at radius 1 is 1.33 bits per heavy atom. The molecule has 1 unspecified atom stereocenters. The maximum Gasteiger partial charge on any atom is 0.186 e. The van der Waals surface area contributed by atoms with Crippen molar-refractivity contribution in [2.75, 3.05) is 0 Å². The molecule has 0 saturated carbocycles. The molecule has 0 radical (unpaired) electrons. The highest BCUT2D eigenvalue weighted by atomic mass is 28.4. The standard InChI is InChI=1S/C9H24OSi2/c1-7-8-12(5,6)10-9(2)11(3)4/h9,11H,7-8H2,1-6H3. The molecule has 12 heavy (non-hydrogen) atoms. The van der Waals surface area contributed by atoms with E-state index in [-0.39, 0.29) is 0 Å². The Balaban J connectivity index is 3.87. The van der Waals surface area contributed by atoms with Gasteiger partial charge < -0.3 is 4.43 Å². The van der Waals surface area contributed by atoms with Gasteiger partial charge in [-0.15, -0.1) is 0 Å². The predicted molar refractivity (Wildman–Crippen MR) is 62.0 cm³/mol. The second-order valence-corrected chi connectivity index (χ2v) is 12.3. The Morgan fingerprint density at radius 3 is 2.17 bits per heavy atom. The molecule has 0 amide bonds. The largest absolute Gasteiger partial charge is 0.418 e. The van der Waals surface area contributed by atoms with Crippen LogP contribution in [0.4, 0.5) is 0 Å². The molecule has 0 rings (SSSR count). The molecule has 0 spiro atoms. The van der Waals surface area contributed by atoms with Gasteiger partial charge in [-0.1, -0.05) is 26.4 Å². The van der Waals surface area contributed by atoms with E-state index in [1.165, 1.54) is 12.5 Å². The summed E-state index contributed by atoms with van der Waals surface area (Å²) in [5, 5.41) is 0. The first kappa shape index (κ1) is 12.4. The molecule has 0 heterocycles. The van der Waals surface area contributed by atoms with Crippen molar-refractivity contribution < 1.29 is 4.43 Å². The van der Waals surface area contributed by atoms with Crippen LogP contribution in [0.1, 0.15) is 20.3 Å². The first-order valence-electron chi connectivity index (χ1n) is 5.07.